The first-order valence-electron chi connectivity index (χ1n) is 38.3. The fourth-order valence-electron chi connectivity index (χ4n) is 13.5. The molecule has 10 aromatic carbocycles. The van der Waals surface area contributed by atoms with Crippen molar-refractivity contribution in [2.75, 3.05) is 69.5 Å². The maximum atomic E-state index is 13.3. The van der Waals surface area contributed by atoms with Crippen molar-refractivity contribution in [1.82, 2.24) is 54.6 Å². The summed E-state index contributed by atoms with van der Waals surface area (Å²) in [4.78, 5) is 102. The Balaban J connectivity index is 0.000000173. The molecule has 609 valence electrons. The molecule has 8 heterocycles. The smallest absolute Gasteiger partial charge is 0.480 e. The van der Waals surface area contributed by atoms with Crippen molar-refractivity contribution < 1.29 is 119 Å². The summed E-state index contributed by atoms with van der Waals surface area (Å²) < 4.78 is 0. The fourth-order valence-corrected chi connectivity index (χ4v) is 13.5. The van der Waals surface area contributed by atoms with Crippen molar-refractivity contribution in [2.24, 2.45) is 0 Å². The number of hydrogen-bond acceptors (Lipinski definition) is 16. The van der Waals surface area contributed by atoms with Crippen molar-refractivity contribution in [3.05, 3.63) is 352 Å². The largest absolute Gasteiger partial charge is 3.00 e. The first kappa shape index (κ1) is 90.1. The summed E-state index contributed by atoms with van der Waals surface area (Å²) in [5.74, 6) is -4.53. The minimum Gasteiger partial charge on any atom is -0.480 e. The summed E-state index contributed by atoms with van der Waals surface area (Å²) in [6.07, 6.45) is 6.55. The topological polar surface area (TPSA) is 283 Å². The Morgan fingerprint density at radius 3 is 0.844 bits per heavy atom. The Kier molecular flexibility index (Phi) is 33.3. The predicted octanol–water partition coefficient (Wildman–Crippen LogP) is 17.4. The van der Waals surface area contributed by atoms with Crippen LogP contribution < -0.4 is 10.6 Å². The van der Waals surface area contributed by atoms with Crippen LogP contribution in [-0.4, -0.2) is 159 Å². The molecule has 18 rings (SSSR count). The third-order valence-corrected chi connectivity index (χ3v) is 19.1. The normalized spacial score (nSPS) is 10.7. The first-order chi connectivity index (χ1) is 58.3. The second-order valence-corrected chi connectivity index (χ2v) is 27.4. The zero-order chi connectivity index (χ0) is 82.1. The number of aliphatic carboxylic acids is 3. The molecule has 8 aromatic heterocycles. The van der Waals surface area contributed by atoms with Crippen molar-refractivity contribution in [2.45, 2.75) is 0 Å². The third kappa shape index (κ3) is 24.8. The number of nitrogens with one attached hydrogen (secondary N) is 2. The van der Waals surface area contributed by atoms with Crippen LogP contribution in [0.4, 0.5) is 11.4 Å². The van der Waals surface area contributed by atoms with E-state index in [1.54, 1.807) is 73.3 Å². The maximum absolute atomic E-state index is 13.3. The van der Waals surface area contributed by atoms with E-state index >= 15 is 0 Å². The molecule has 0 bridgehead atoms. The van der Waals surface area contributed by atoms with Crippen molar-refractivity contribution in [3.8, 4) is 45.0 Å². The van der Waals surface area contributed by atoms with Crippen LogP contribution in [0.1, 0.15) is 0 Å². The molecule has 0 spiro atoms. The van der Waals surface area contributed by atoms with Crippen LogP contribution in [0, 0.1) is 64.2 Å². The summed E-state index contributed by atoms with van der Waals surface area (Å²) in [5.41, 5.74) is 15.6. The van der Waals surface area contributed by atoms with Crippen LogP contribution in [0.25, 0.3) is 132 Å². The molecular formula is C98H77GdIr2N13O8-. The van der Waals surface area contributed by atoms with Crippen LogP contribution >= 0.6 is 0 Å². The Labute approximate surface area is 762 Å². The van der Waals surface area contributed by atoms with Gasteiger partial charge in [0.15, 0.2) is 0 Å². The minimum absolute atomic E-state index is 0. The third-order valence-electron chi connectivity index (χ3n) is 19.1. The van der Waals surface area contributed by atoms with Gasteiger partial charge < -0.3 is 26.0 Å². The number of benzene rings is 10. The molecule has 5 N–H and O–H groups in total. The van der Waals surface area contributed by atoms with Crippen molar-refractivity contribution in [1.29, 1.82) is 0 Å². The van der Waals surface area contributed by atoms with Crippen molar-refractivity contribution in [3.63, 3.8) is 0 Å². The number of nitrogens with zero attached hydrogens (tertiary/aromatic N) is 11. The molecule has 0 aliphatic carbocycles. The number of aromatic nitrogens is 8. The molecule has 0 saturated carbocycles. The Morgan fingerprint density at radius 2 is 0.549 bits per heavy atom. The van der Waals surface area contributed by atoms with Gasteiger partial charge in [-0.05, 0) is 117 Å². The molecule has 0 unspecified atom stereocenters. The van der Waals surface area contributed by atoms with Gasteiger partial charge in [-0.3, -0.25) is 78.5 Å². The van der Waals surface area contributed by atoms with E-state index in [4.69, 9.17) is 0 Å². The number of carbonyl (C=O) groups excluding carboxylic acids is 2. The number of carboxylic acid groups (broad SMARTS) is 3. The monoisotopic (exact) mass is 2110 g/mol. The number of pyridine rings is 8. The quantitative estimate of drug-likeness (QED) is 0.0311. The summed E-state index contributed by atoms with van der Waals surface area (Å²) in [6.45, 7) is -2.05. The number of anilines is 2. The molecule has 122 heavy (non-hydrogen) atoms. The van der Waals surface area contributed by atoms with Crippen LogP contribution in [0.3, 0.4) is 0 Å². The average molecular weight is 2110 g/mol. The van der Waals surface area contributed by atoms with E-state index < -0.39 is 49.4 Å². The fraction of sp³-hybridized carbons (Fsp3) is 0.0918. The molecule has 21 nitrogen and oxygen atoms in total. The number of carboxylic acids is 3. The Bertz CT molecular complexity index is 5980. The van der Waals surface area contributed by atoms with Crippen LogP contribution in [-0.2, 0) is 64.2 Å². The zero-order valence-electron chi connectivity index (χ0n) is 65.4. The molecule has 3 radical (unpaired) electrons. The molecular weight excluding hydrogens is 2030 g/mol. The van der Waals surface area contributed by atoms with E-state index in [1.165, 1.54) is 36.2 Å². The maximum Gasteiger partial charge on any atom is 3.00 e. The number of hydrogen-bond donors (Lipinski definition) is 5. The van der Waals surface area contributed by atoms with E-state index in [2.05, 4.69) is 123 Å². The van der Waals surface area contributed by atoms with Crippen molar-refractivity contribution >= 4 is 128 Å². The summed E-state index contributed by atoms with van der Waals surface area (Å²) in [6, 6.07) is 111. The Hall–Kier alpha value is -12.7. The van der Waals surface area contributed by atoms with Gasteiger partial charge in [-0.1, -0.05) is 133 Å². The number of carbonyl (C=O) groups is 5. The van der Waals surface area contributed by atoms with E-state index in [-0.39, 0.29) is 119 Å². The second kappa shape index (κ2) is 45.1. The molecule has 0 atom stereocenters. The summed E-state index contributed by atoms with van der Waals surface area (Å²) >= 11 is 0. The molecule has 24 heteroatoms. The molecule has 0 aliphatic heterocycles. The van der Waals surface area contributed by atoms with Gasteiger partial charge in [0.25, 0.3) is 0 Å². The van der Waals surface area contributed by atoms with Gasteiger partial charge in [0.2, 0.25) is 11.8 Å². The Morgan fingerprint density at radius 1 is 0.287 bits per heavy atom. The molecule has 0 aliphatic rings. The first-order valence-corrected chi connectivity index (χ1v) is 38.3. The van der Waals surface area contributed by atoms with Gasteiger partial charge in [-0.15, -0.1) is 144 Å². The number of rotatable bonds is 22. The average Bonchev–Trinajstić information content (AvgIpc) is 0.778. The molecule has 18 aromatic rings. The van der Waals surface area contributed by atoms with Gasteiger partial charge in [0.05, 0.1) is 88.2 Å². The predicted molar refractivity (Wildman–Crippen MR) is 468 cm³/mol. The van der Waals surface area contributed by atoms with Gasteiger partial charge >= 0.3 is 57.8 Å². The number of para-hydroxylation sites is 4. The zero-order valence-corrected chi connectivity index (χ0v) is 72.4. The van der Waals surface area contributed by atoms with Crippen LogP contribution in [0.5, 0.6) is 0 Å². The molecule has 2 amide bonds. The van der Waals surface area contributed by atoms with E-state index in [1.807, 2.05) is 206 Å². The number of amides is 2. The molecule has 0 saturated heterocycles. The van der Waals surface area contributed by atoms with Crippen LogP contribution in [0.15, 0.2) is 328 Å². The van der Waals surface area contributed by atoms with E-state index in [0.29, 0.717) is 44.2 Å². The van der Waals surface area contributed by atoms with Crippen LogP contribution in [0.2, 0.25) is 0 Å². The molecule has 0 fully saturated rings. The van der Waals surface area contributed by atoms with Gasteiger partial charge in [-0.25, -0.2) is 0 Å². The van der Waals surface area contributed by atoms with E-state index in [0.717, 1.165) is 77.9 Å². The summed E-state index contributed by atoms with van der Waals surface area (Å²) in [5, 5.41) is 42.1. The van der Waals surface area contributed by atoms with Gasteiger partial charge in [0, 0.05) is 113 Å². The standard InChI is InChI=1S/C38H37N9O8.4C15H10N.Gd.2Ir/c48-30(43-28-17-24-5-1-9-39-35(24)37-26(28)7-3-11-41-37)19-46(22-33(52)53)15-13-45(21-32(50)51)14-16-47(23-34(54)55)20-31(49)44-29-18-25-6-2-10-40-36(25)38-27(29)8-4-12-42-38;4*1-2-6-12(7-3-1)15-11-10-13-8-4-5-9-14(13)16-15;;;/h1-12,17-18H,13-16,19-23H2,(H,43,48)(H,44,49)(H,50,51)(H,52,53)(H,54,55);4*1-6,8-11H;;;/q;4*-1;+3;;. The van der Waals surface area contributed by atoms with E-state index in [9.17, 15) is 39.3 Å². The second-order valence-electron chi connectivity index (χ2n) is 27.4. The SMILES string of the molecule is O=C(O)CN(CCN(CC(=O)O)CC(=O)Nc1cc2cccnc2c2ncccc12)CCN(CC(=O)O)CC(=O)Nc1cc2cccnc2c2ncccc12.[Gd+3].[Ir].[Ir].[c-]1ccccc1-c1ccc2ccccc2n1.[c-]1ccccc1-c1ccc2ccccc2n1.[c-]1ccccc1-c1ccc2ccccc2n1.[c-]1ccccc1-c1ccc2ccccc2n1. The number of fused-ring (bicyclic) bond motifs is 10. The summed E-state index contributed by atoms with van der Waals surface area (Å²) in [7, 11) is 0. The minimum atomic E-state index is -1.19. The van der Waals surface area contributed by atoms with Gasteiger partial charge in [-0.2, -0.15) is 0 Å². The van der Waals surface area contributed by atoms with Gasteiger partial charge in [0.1, 0.15) is 0 Å².